The second-order valence-electron chi connectivity index (χ2n) is 6.65. The van der Waals surface area contributed by atoms with E-state index in [9.17, 15) is 0 Å². The first-order valence-corrected chi connectivity index (χ1v) is 13.3. The molecule has 1 unspecified atom stereocenters. The molecule has 114 valence electrons. The van der Waals surface area contributed by atoms with Gasteiger partial charge in [-0.15, -0.1) is 23.5 Å². The Morgan fingerprint density at radius 3 is 2.43 bits per heavy atom. The van der Waals surface area contributed by atoms with E-state index in [1.807, 2.05) is 0 Å². The molecule has 1 fully saturated rings. The van der Waals surface area contributed by atoms with Gasteiger partial charge in [-0.1, -0.05) is 50.9 Å². The Morgan fingerprint density at radius 2 is 1.71 bits per heavy atom. The predicted molar refractivity (Wildman–Crippen MR) is 108 cm³/mol. The highest BCUT2D eigenvalue weighted by Gasteiger charge is 2.36. The fourth-order valence-corrected chi connectivity index (χ4v) is 13.5. The van der Waals surface area contributed by atoms with Crippen molar-refractivity contribution in [3.05, 3.63) is 31.3 Å². The topological polar surface area (TPSA) is 0 Å². The fourth-order valence-electron chi connectivity index (χ4n) is 2.85. The third-order valence-electron chi connectivity index (χ3n) is 4.00. The first-order valence-electron chi connectivity index (χ1n) is 7.47. The van der Waals surface area contributed by atoms with E-state index >= 15 is 0 Å². The van der Waals surface area contributed by atoms with Crippen molar-refractivity contribution in [2.45, 2.75) is 40.0 Å². The van der Waals surface area contributed by atoms with Gasteiger partial charge in [0.2, 0.25) is 0 Å². The Labute approximate surface area is 146 Å². The smallest absolute Gasteiger partial charge is 0.0445 e. The van der Waals surface area contributed by atoms with E-state index < -0.39 is 0 Å². The standard InChI is InChI=1S/C16H20S5/c1-16(2,3)13-9-12-10-5-4-6-11(15-17-7-8-18-15)14(10)20-21(12)19-13/h9H,4-8H2,1-3H3. The van der Waals surface area contributed by atoms with Crippen LogP contribution in [0.15, 0.2) is 31.3 Å². The van der Waals surface area contributed by atoms with Crippen molar-refractivity contribution in [1.29, 1.82) is 0 Å². The van der Waals surface area contributed by atoms with Crippen LogP contribution in [0.25, 0.3) is 0 Å². The summed E-state index contributed by atoms with van der Waals surface area (Å²) in [6.07, 6.45) is 6.50. The molecule has 21 heavy (non-hydrogen) atoms. The molecule has 5 heteroatoms. The first kappa shape index (κ1) is 15.4. The molecule has 0 aromatic heterocycles. The second kappa shape index (κ2) is 5.73. The van der Waals surface area contributed by atoms with Crippen molar-refractivity contribution >= 4 is 58.5 Å². The zero-order chi connectivity index (χ0) is 14.6. The van der Waals surface area contributed by atoms with Gasteiger partial charge in [0.15, 0.2) is 0 Å². The maximum atomic E-state index is 2.53. The number of hydrogen-bond donors (Lipinski definition) is 0. The van der Waals surface area contributed by atoms with Gasteiger partial charge in [0.05, 0.1) is 0 Å². The number of allylic oxidation sites excluding steroid dienone is 4. The van der Waals surface area contributed by atoms with Crippen molar-refractivity contribution in [1.82, 2.24) is 0 Å². The molecule has 3 heterocycles. The highest BCUT2D eigenvalue weighted by Crippen LogP contribution is 2.67. The molecule has 4 rings (SSSR count). The third kappa shape index (κ3) is 2.75. The molecule has 1 aliphatic carbocycles. The maximum absolute atomic E-state index is 2.53. The maximum Gasteiger partial charge on any atom is 0.0445 e. The SMILES string of the molecule is CC(C)(C)C1=CC2=S(S1)SC1=C2CCCC1=C1SCCS1. The lowest BCUT2D eigenvalue weighted by atomic mass is 9.91. The molecule has 0 aromatic carbocycles. The van der Waals surface area contributed by atoms with Crippen LogP contribution < -0.4 is 0 Å². The monoisotopic (exact) mass is 372 g/mol. The molecule has 1 saturated heterocycles. The van der Waals surface area contributed by atoms with Gasteiger partial charge >= 0.3 is 0 Å². The van der Waals surface area contributed by atoms with E-state index in [0.717, 1.165) is 0 Å². The highest BCUT2D eigenvalue weighted by molar-refractivity contribution is 9.17. The van der Waals surface area contributed by atoms with E-state index in [4.69, 9.17) is 0 Å². The van der Waals surface area contributed by atoms with Crippen molar-refractivity contribution in [3.63, 3.8) is 0 Å². The lowest BCUT2D eigenvalue weighted by Crippen LogP contribution is -2.08. The Bertz CT molecular complexity index is 620. The van der Waals surface area contributed by atoms with Crippen molar-refractivity contribution in [2.24, 2.45) is 5.41 Å². The van der Waals surface area contributed by atoms with Gasteiger partial charge < -0.3 is 0 Å². The first-order chi connectivity index (χ1) is 10.0. The van der Waals surface area contributed by atoms with Crippen LogP contribution in [0, 0.1) is 5.41 Å². The summed E-state index contributed by atoms with van der Waals surface area (Å²) in [6.45, 7) is 7.04. The zero-order valence-electron chi connectivity index (χ0n) is 12.7. The normalized spacial score (nSPS) is 29.2. The molecule has 0 spiro atoms. The Balaban J connectivity index is 1.71. The van der Waals surface area contributed by atoms with Crippen molar-refractivity contribution in [3.8, 4) is 0 Å². The molecule has 0 aromatic rings. The van der Waals surface area contributed by atoms with Crippen LogP contribution in [0.3, 0.4) is 0 Å². The molecule has 3 aliphatic heterocycles. The summed E-state index contributed by atoms with van der Waals surface area (Å²) in [5.41, 5.74) is 3.72. The summed E-state index contributed by atoms with van der Waals surface area (Å²) in [5.74, 6) is 2.61. The summed E-state index contributed by atoms with van der Waals surface area (Å²) >= 11 is 4.19. The largest absolute Gasteiger partial charge is 0.118 e. The lowest BCUT2D eigenvalue weighted by Gasteiger charge is -2.23. The van der Waals surface area contributed by atoms with Crippen LogP contribution in [0.4, 0.5) is 0 Å². The number of hydrogen-bond acceptors (Lipinski definition) is 4. The molecule has 0 bridgehead atoms. The minimum absolute atomic E-state index is 0.309. The summed E-state index contributed by atoms with van der Waals surface area (Å²) in [4.78, 5) is 4.94. The number of thioether (sulfide) groups is 2. The average Bonchev–Trinajstić information content (AvgIpc) is 3.12. The van der Waals surface area contributed by atoms with Crippen molar-refractivity contribution < 1.29 is 0 Å². The van der Waals surface area contributed by atoms with Crippen molar-refractivity contribution in [2.75, 3.05) is 11.5 Å². The molecular formula is C16H20S5. The molecular weight excluding hydrogens is 353 g/mol. The number of fused-ring (bicyclic) bond motifs is 1. The fraction of sp³-hybridized carbons (Fsp3) is 0.562. The molecule has 0 N–H and O–H groups in total. The molecule has 1 atom stereocenters. The van der Waals surface area contributed by atoms with E-state index in [0.29, 0.717) is 14.0 Å². The molecule has 0 amide bonds. The summed E-state index contributed by atoms with van der Waals surface area (Å²) in [5, 5.41) is 0. The van der Waals surface area contributed by atoms with Gasteiger partial charge in [0.1, 0.15) is 0 Å². The van der Waals surface area contributed by atoms with Gasteiger partial charge in [-0.25, -0.2) is 0 Å². The van der Waals surface area contributed by atoms with Crippen LogP contribution in [0.2, 0.25) is 0 Å². The van der Waals surface area contributed by atoms with Crippen LogP contribution >= 0.6 is 53.7 Å². The van der Waals surface area contributed by atoms with E-state index in [1.54, 1.807) is 30.1 Å². The highest BCUT2D eigenvalue weighted by atomic mass is 33.5. The van der Waals surface area contributed by atoms with Crippen LogP contribution in [0.5, 0.6) is 0 Å². The Hall–Kier alpha value is 0.840. The van der Waals surface area contributed by atoms with Crippen LogP contribution in [-0.2, 0) is 0 Å². The Kier molecular flexibility index (Phi) is 4.19. The molecule has 4 aliphatic rings. The van der Waals surface area contributed by atoms with Crippen LogP contribution in [-0.4, -0.2) is 16.4 Å². The summed E-state index contributed by atoms with van der Waals surface area (Å²) < 4.78 is 1.64. The van der Waals surface area contributed by atoms with Gasteiger partial charge in [0.25, 0.3) is 0 Å². The van der Waals surface area contributed by atoms with E-state index in [1.165, 1.54) is 30.8 Å². The Morgan fingerprint density at radius 1 is 1.00 bits per heavy atom. The second-order valence-corrected chi connectivity index (χ2v) is 14.8. The van der Waals surface area contributed by atoms with Crippen LogP contribution in [0.1, 0.15) is 40.0 Å². The van der Waals surface area contributed by atoms with E-state index in [2.05, 4.69) is 72.0 Å². The quantitative estimate of drug-likeness (QED) is 0.338. The van der Waals surface area contributed by atoms with Gasteiger partial charge in [-0.3, -0.25) is 0 Å². The number of rotatable bonds is 0. The lowest BCUT2D eigenvalue weighted by molar-refractivity contribution is 0.534. The zero-order valence-corrected chi connectivity index (χ0v) is 16.7. The summed E-state index contributed by atoms with van der Waals surface area (Å²) in [6, 6.07) is 0. The third-order valence-corrected chi connectivity index (χ3v) is 13.6. The average molecular weight is 373 g/mol. The molecule has 0 saturated carbocycles. The minimum Gasteiger partial charge on any atom is -0.118 e. The molecule has 0 nitrogen and oxygen atoms in total. The predicted octanol–water partition coefficient (Wildman–Crippen LogP) is 6.81. The molecule has 0 radical (unpaired) electrons. The minimum atomic E-state index is 0.309. The van der Waals surface area contributed by atoms with Gasteiger partial charge in [0, 0.05) is 30.4 Å². The van der Waals surface area contributed by atoms with Gasteiger partial charge in [-0.2, -0.15) is 0 Å². The summed E-state index contributed by atoms with van der Waals surface area (Å²) in [7, 11) is 4.66. The van der Waals surface area contributed by atoms with E-state index in [-0.39, 0.29) is 0 Å². The van der Waals surface area contributed by atoms with Gasteiger partial charge in [-0.05, 0) is 41.9 Å².